The number of hydrogen-bond donors (Lipinski definition) is 1. The van der Waals surface area contributed by atoms with Gasteiger partial charge in [-0.2, -0.15) is 0 Å². The molecule has 0 bridgehead atoms. The van der Waals surface area contributed by atoms with E-state index in [1.807, 2.05) is 45.9 Å². The van der Waals surface area contributed by atoms with E-state index in [9.17, 15) is 9.59 Å². The number of thioether (sulfide) groups is 1. The lowest BCUT2D eigenvalue weighted by Gasteiger charge is -2.18. The molecule has 26 heavy (non-hydrogen) atoms. The van der Waals surface area contributed by atoms with E-state index in [0.29, 0.717) is 5.75 Å². The van der Waals surface area contributed by atoms with Crippen LogP contribution < -0.4 is 5.32 Å². The van der Waals surface area contributed by atoms with Crippen molar-refractivity contribution in [3.05, 3.63) is 58.7 Å². The summed E-state index contributed by atoms with van der Waals surface area (Å²) in [5, 5.41) is 2.89. The molecule has 0 saturated carbocycles. The number of rotatable bonds is 6. The van der Waals surface area contributed by atoms with Crippen LogP contribution in [-0.4, -0.2) is 36.1 Å². The van der Waals surface area contributed by atoms with Crippen LogP contribution in [0.5, 0.6) is 0 Å². The number of hydrogen-bond acceptors (Lipinski definition) is 3. The van der Waals surface area contributed by atoms with E-state index in [4.69, 9.17) is 0 Å². The molecule has 2 aromatic rings. The highest BCUT2D eigenvalue weighted by atomic mass is 32.2. The molecule has 0 radical (unpaired) electrons. The van der Waals surface area contributed by atoms with Gasteiger partial charge < -0.3 is 10.2 Å². The van der Waals surface area contributed by atoms with Gasteiger partial charge in [0.1, 0.15) is 0 Å². The molecule has 0 aliphatic carbocycles. The van der Waals surface area contributed by atoms with Crippen LogP contribution in [0.3, 0.4) is 0 Å². The zero-order chi connectivity index (χ0) is 19.3. The molecule has 0 aliphatic rings. The van der Waals surface area contributed by atoms with Crippen LogP contribution in [0.15, 0.2) is 41.3 Å². The van der Waals surface area contributed by atoms with Crippen molar-refractivity contribution in [2.24, 2.45) is 0 Å². The molecule has 138 valence electrons. The Morgan fingerprint density at radius 3 is 2.50 bits per heavy atom. The van der Waals surface area contributed by atoms with Crippen LogP contribution in [-0.2, 0) is 9.59 Å². The number of aryl methyl sites for hydroxylation is 3. The Hall–Kier alpha value is -2.27. The van der Waals surface area contributed by atoms with Gasteiger partial charge in [-0.3, -0.25) is 9.59 Å². The molecule has 2 amide bonds. The maximum Gasteiger partial charge on any atom is 0.243 e. The Balaban J connectivity index is 1.89. The molecule has 0 atom stereocenters. The van der Waals surface area contributed by atoms with E-state index >= 15 is 0 Å². The summed E-state index contributed by atoms with van der Waals surface area (Å²) in [5.74, 6) is 0.0654. The first kappa shape index (κ1) is 20.0. The van der Waals surface area contributed by atoms with Crippen LogP contribution in [0, 0.1) is 27.7 Å². The fourth-order valence-corrected chi connectivity index (χ4v) is 3.56. The molecule has 0 aliphatic heterocycles. The summed E-state index contributed by atoms with van der Waals surface area (Å²) in [6.07, 6.45) is 0. The Bertz CT molecular complexity index is 818. The number of likely N-dealkylation sites (N-methyl/N-ethyl adjacent to an activating group) is 1. The first-order valence-corrected chi connectivity index (χ1v) is 9.56. The lowest BCUT2D eigenvalue weighted by Crippen LogP contribution is -2.36. The summed E-state index contributed by atoms with van der Waals surface area (Å²) in [6, 6.07) is 12.0. The van der Waals surface area contributed by atoms with Crippen LogP contribution in [0.4, 0.5) is 5.69 Å². The highest BCUT2D eigenvalue weighted by molar-refractivity contribution is 8.00. The minimum atomic E-state index is -0.189. The molecule has 5 heteroatoms. The van der Waals surface area contributed by atoms with Crippen molar-refractivity contribution in [3.63, 3.8) is 0 Å². The quantitative estimate of drug-likeness (QED) is 0.779. The topological polar surface area (TPSA) is 49.4 Å². The van der Waals surface area contributed by atoms with E-state index in [1.165, 1.54) is 22.2 Å². The van der Waals surface area contributed by atoms with Crippen molar-refractivity contribution in [1.82, 2.24) is 4.90 Å². The maximum atomic E-state index is 12.3. The van der Waals surface area contributed by atoms with E-state index in [2.05, 4.69) is 23.5 Å². The monoisotopic (exact) mass is 370 g/mol. The Morgan fingerprint density at radius 1 is 1.04 bits per heavy atom. The molecular weight excluding hydrogens is 344 g/mol. The number of amides is 2. The minimum absolute atomic E-state index is 0.0412. The normalized spacial score (nSPS) is 10.5. The second-order valence-electron chi connectivity index (χ2n) is 6.60. The van der Waals surface area contributed by atoms with E-state index in [-0.39, 0.29) is 18.4 Å². The molecule has 2 rings (SSSR count). The lowest BCUT2D eigenvalue weighted by atomic mass is 10.1. The summed E-state index contributed by atoms with van der Waals surface area (Å²) in [5.41, 5.74) is 5.29. The number of carbonyl (C=O) groups is 2. The molecule has 1 N–H and O–H groups in total. The third kappa shape index (κ3) is 5.36. The van der Waals surface area contributed by atoms with Crippen molar-refractivity contribution in [2.75, 3.05) is 24.7 Å². The Kier molecular flexibility index (Phi) is 6.86. The van der Waals surface area contributed by atoms with Gasteiger partial charge in [-0.05, 0) is 56.5 Å². The first-order chi connectivity index (χ1) is 12.3. The number of nitrogens with zero attached hydrogens (tertiary/aromatic N) is 1. The fraction of sp³-hybridized carbons (Fsp3) is 0.333. The van der Waals surface area contributed by atoms with Gasteiger partial charge in [0.15, 0.2) is 0 Å². The summed E-state index contributed by atoms with van der Waals surface area (Å²) < 4.78 is 0. The molecule has 0 spiro atoms. The molecule has 0 heterocycles. The Morgan fingerprint density at radius 2 is 1.77 bits per heavy atom. The fourth-order valence-electron chi connectivity index (χ4n) is 2.49. The summed E-state index contributed by atoms with van der Waals surface area (Å²) in [6.45, 7) is 8.09. The number of carbonyl (C=O) groups excluding carboxylic acids is 2. The SMILES string of the molecule is Cc1ccc(C)c(SCC(=O)N(C)CC(=O)Nc2cccc(C)c2C)c1. The zero-order valence-corrected chi connectivity index (χ0v) is 16.9. The lowest BCUT2D eigenvalue weighted by molar-refractivity contribution is -0.131. The van der Waals surface area contributed by atoms with Gasteiger partial charge >= 0.3 is 0 Å². The first-order valence-electron chi connectivity index (χ1n) is 8.58. The van der Waals surface area contributed by atoms with E-state index in [0.717, 1.165) is 27.3 Å². The van der Waals surface area contributed by atoms with Gasteiger partial charge in [-0.1, -0.05) is 29.8 Å². The number of anilines is 1. The van der Waals surface area contributed by atoms with Crippen molar-refractivity contribution in [1.29, 1.82) is 0 Å². The summed E-state index contributed by atoms with van der Waals surface area (Å²) >= 11 is 1.51. The van der Waals surface area contributed by atoms with Crippen molar-refractivity contribution in [3.8, 4) is 0 Å². The number of nitrogens with one attached hydrogen (secondary N) is 1. The molecule has 0 saturated heterocycles. The zero-order valence-electron chi connectivity index (χ0n) is 16.1. The second kappa shape index (κ2) is 8.90. The van der Waals surface area contributed by atoms with Gasteiger partial charge in [-0.25, -0.2) is 0 Å². The Labute approximate surface area is 160 Å². The van der Waals surface area contributed by atoms with Gasteiger partial charge in [0, 0.05) is 17.6 Å². The standard InChI is InChI=1S/C21H26N2O2S/c1-14-9-10-16(3)19(11-14)26-13-21(25)23(5)12-20(24)22-18-8-6-7-15(2)17(18)4/h6-11H,12-13H2,1-5H3,(H,22,24). The predicted molar refractivity (Wildman–Crippen MR) is 109 cm³/mol. The van der Waals surface area contributed by atoms with Crippen LogP contribution >= 0.6 is 11.8 Å². The molecular formula is C21H26N2O2S. The third-order valence-electron chi connectivity index (χ3n) is 4.38. The molecule has 2 aromatic carbocycles. The highest BCUT2D eigenvalue weighted by Crippen LogP contribution is 2.23. The van der Waals surface area contributed by atoms with Crippen LogP contribution in [0.1, 0.15) is 22.3 Å². The highest BCUT2D eigenvalue weighted by Gasteiger charge is 2.15. The maximum absolute atomic E-state index is 12.3. The van der Waals surface area contributed by atoms with Gasteiger partial charge in [-0.15, -0.1) is 11.8 Å². The van der Waals surface area contributed by atoms with Crippen LogP contribution in [0.25, 0.3) is 0 Å². The van der Waals surface area contributed by atoms with Gasteiger partial charge in [0.05, 0.1) is 12.3 Å². The van der Waals surface area contributed by atoms with Crippen molar-refractivity contribution >= 4 is 29.3 Å². The van der Waals surface area contributed by atoms with Crippen LogP contribution in [0.2, 0.25) is 0 Å². The number of benzene rings is 2. The second-order valence-corrected chi connectivity index (χ2v) is 7.62. The average Bonchev–Trinajstić information content (AvgIpc) is 2.59. The third-order valence-corrected chi connectivity index (χ3v) is 5.52. The largest absolute Gasteiger partial charge is 0.336 e. The van der Waals surface area contributed by atoms with Gasteiger partial charge in [0.25, 0.3) is 0 Å². The smallest absolute Gasteiger partial charge is 0.243 e. The summed E-state index contributed by atoms with van der Waals surface area (Å²) in [7, 11) is 1.66. The predicted octanol–water partition coefficient (Wildman–Crippen LogP) is 4.11. The average molecular weight is 371 g/mol. The van der Waals surface area contributed by atoms with E-state index in [1.54, 1.807) is 7.05 Å². The van der Waals surface area contributed by atoms with Gasteiger partial charge in [0.2, 0.25) is 11.8 Å². The van der Waals surface area contributed by atoms with Crippen molar-refractivity contribution in [2.45, 2.75) is 32.6 Å². The molecule has 0 unspecified atom stereocenters. The van der Waals surface area contributed by atoms with Crippen molar-refractivity contribution < 1.29 is 9.59 Å². The van der Waals surface area contributed by atoms with E-state index < -0.39 is 0 Å². The molecule has 0 fully saturated rings. The molecule has 0 aromatic heterocycles. The molecule has 4 nitrogen and oxygen atoms in total. The minimum Gasteiger partial charge on any atom is -0.336 e. The summed E-state index contributed by atoms with van der Waals surface area (Å²) in [4.78, 5) is 27.2.